The maximum Gasteiger partial charge on any atom is 0.294 e. The molecule has 0 aliphatic rings. The largest absolute Gasteiger partial charge is 0.294 e. The first-order valence-electron chi connectivity index (χ1n) is 4.56. The normalized spacial score (nSPS) is 11.3. The minimum Gasteiger partial charge on any atom is -0.294 e. The van der Waals surface area contributed by atoms with E-state index in [2.05, 4.69) is 0 Å². The summed E-state index contributed by atoms with van der Waals surface area (Å²) in [5.74, 6) is -0.0283. The number of carbonyl (C=O) groups is 1. The second kappa shape index (κ2) is 4.55. The summed E-state index contributed by atoms with van der Waals surface area (Å²) in [6.45, 7) is 1.89. The van der Waals surface area contributed by atoms with Gasteiger partial charge in [0.2, 0.25) is 0 Å². The van der Waals surface area contributed by atoms with Gasteiger partial charge in [0.05, 0.1) is 4.90 Å². The Morgan fingerprint density at radius 1 is 1.27 bits per heavy atom. The summed E-state index contributed by atoms with van der Waals surface area (Å²) in [5.41, 5.74) is 0.462. The van der Waals surface area contributed by atoms with Gasteiger partial charge >= 0.3 is 0 Å². The molecule has 0 unspecified atom stereocenters. The Morgan fingerprint density at radius 2 is 1.80 bits per heavy atom. The van der Waals surface area contributed by atoms with Crippen LogP contribution in [0.25, 0.3) is 0 Å². The van der Waals surface area contributed by atoms with E-state index >= 15 is 0 Å². The van der Waals surface area contributed by atoms with E-state index in [0.29, 0.717) is 12.0 Å². The first-order valence-corrected chi connectivity index (χ1v) is 6.00. The van der Waals surface area contributed by atoms with Gasteiger partial charge in [-0.3, -0.25) is 9.35 Å². The van der Waals surface area contributed by atoms with Crippen LogP contribution >= 0.6 is 0 Å². The zero-order chi connectivity index (χ0) is 11.5. The fraction of sp³-hybridized carbons (Fsp3) is 0.300. The maximum absolute atomic E-state index is 11.4. The predicted octanol–water partition coefficient (Wildman–Crippen LogP) is 1.92. The molecular formula is C10H12O4S. The monoisotopic (exact) mass is 228 g/mol. The summed E-state index contributed by atoms with van der Waals surface area (Å²) in [4.78, 5) is 11.2. The van der Waals surface area contributed by atoms with Crippen LogP contribution < -0.4 is 0 Å². The summed E-state index contributed by atoms with van der Waals surface area (Å²) in [6, 6.07) is 5.25. The molecule has 1 rings (SSSR count). The lowest BCUT2D eigenvalue weighted by molar-refractivity contribution is 0.0981. The van der Waals surface area contributed by atoms with E-state index in [4.69, 9.17) is 4.55 Å². The number of rotatable bonds is 4. The average Bonchev–Trinajstić information content (AvgIpc) is 2.17. The highest BCUT2D eigenvalue weighted by Gasteiger charge is 2.10. The van der Waals surface area contributed by atoms with Gasteiger partial charge in [-0.05, 0) is 18.6 Å². The third-order valence-corrected chi connectivity index (χ3v) is 2.82. The van der Waals surface area contributed by atoms with Crippen LogP contribution in [0.4, 0.5) is 0 Å². The van der Waals surface area contributed by atoms with Gasteiger partial charge in [-0.1, -0.05) is 19.1 Å². The van der Waals surface area contributed by atoms with E-state index < -0.39 is 10.1 Å². The molecule has 0 aromatic heterocycles. The molecule has 82 valence electrons. The van der Waals surface area contributed by atoms with Crippen molar-refractivity contribution in [3.8, 4) is 0 Å². The molecule has 0 bridgehead atoms. The van der Waals surface area contributed by atoms with Gasteiger partial charge in [-0.2, -0.15) is 8.42 Å². The van der Waals surface area contributed by atoms with Crippen LogP contribution in [-0.2, 0) is 10.1 Å². The lowest BCUT2D eigenvalue weighted by atomic mass is 10.1. The summed E-state index contributed by atoms with van der Waals surface area (Å²) in [6.07, 6.45) is 1.18. The second-order valence-corrected chi connectivity index (χ2v) is 4.59. The standard InChI is InChI=1S/C10H12O4S/c1-2-3-10(11)8-4-6-9(7-5-8)15(12,13)14/h4-7H,2-3H2,1H3,(H,12,13,14). The summed E-state index contributed by atoms with van der Waals surface area (Å²) in [5, 5.41) is 0. The molecule has 0 heterocycles. The fourth-order valence-corrected chi connectivity index (χ4v) is 1.66. The van der Waals surface area contributed by atoms with Crippen molar-refractivity contribution in [1.82, 2.24) is 0 Å². The Labute approximate surface area is 88.7 Å². The van der Waals surface area contributed by atoms with Crippen LogP contribution in [0.5, 0.6) is 0 Å². The highest BCUT2D eigenvalue weighted by atomic mass is 32.2. The molecular weight excluding hydrogens is 216 g/mol. The minimum atomic E-state index is -4.17. The zero-order valence-electron chi connectivity index (χ0n) is 8.30. The van der Waals surface area contributed by atoms with Gasteiger partial charge in [0.15, 0.2) is 5.78 Å². The Hall–Kier alpha value is -1.20. The van der Waals surface area contributed by atoms with E-state index in [1.165, 1.54) is 24.3 Å². The van der Waals surface area contributed by atoms with Gasteiger partial charge in [-0.25, -0.2) is 0 Å². The van der Waals surface area contributed by atoms with Crippen molar-refractivity contribution < 1.29 is 17.8 Å². The van der Waals surface area contributed by atoms with Crippen LogP contribution in [0.1, 0.15) is 30.1 Å². The van der Waals surface area contributed by atoms with Gasteiger partial charge in [-0.15, -0.1) is 0 Å². The first-order chi connectivity index (χ1) is 6.95. The molecule has 0 saturated carbocycles. The molecule has 0 aliphatic heterocycles. The molecule has 4 nitrogen and oxygen atoms in total. The lowest BCUT2D eigenvalue weighted by Gasteiger charge is -2.00. The SMILES string of the molecule is CCCC(=O)c1ccc(S(=O)(=O)O)cc1. The molecule has 0 radical (unpaired) electrons. The van der Waals surface area contributed by atoms with Crippen LogP contribution in [0, 0.1) is 0 Å². The van der Waals surface area contributed by atoms with Crippen molar-refractivity contribution in [1.29, 1.82) is 0 Å². The third kappa shape index (κ3) is 3.14. The smallest absolute Gasteiger partial charge is 0.294 e. The third-order valence-electron chi connectivity index (χ3n) is 1.95. The Morgan fingerprint density at radius 3 is 2.20 bits per heavy atom. The van der Waals surface area contributed by atoms with Gasteiger partial charge < -0.3 is 0 Å². The summed E-state index contributed by atoms with van der Waals surface area (Å²) < 4.78 is 30.1. The predicted molar refractivity (Wildman–Crippen MR) is 55.5 cm³/mol. The quantitative estimate of drug-likeness (QED) is 0.631. The van der Waals surface area contributed by atoms with Crippen LogP contribution in [0.15, 0.2) is 29.2 Å². The Bertz CT molecular complexity index is 445. The van der Waals surface area contributed by atoms with E-state index in [1.54, 1.807) is 0 Å². The van der Waals surface area contributed by atoms with Crippen molar-refractivity contribution in [3.05, 3.63) is 29.8 Å². The van der Waals surface area contributed by atoms with E-state index in [1.807, 2.05) is 6.92 Å². The molecule has 0 saturated heterocycles. The lowest BCUT2D eigenvalue weighted by Crippen LogP contribution is -2.01. The Balaban J connectivity index is 2.96. The highest BCUT2D eigenvalue weighted by molar-refractivity contribution is 7.85. The Kier molecular flexibility index (Phi) is 3.60. The molecule has 0 aliphatic carbocycles. The average molecular weight is 228 g/mol. The molecule has 1 aromatic rings. The van der Waals surface area contributed by atoms with E-state index in [0.717, 1.165) is 6.42 Å². The van der Waals surface area contributed by atoms with Gasteiger partial charge in [0.25, 0.3) is 10.1 Å². The second-order valence-electron chi connectivity index (χ2n) is 3.17. The molecule has 5 heteroatoms. The van der Waals surface area contributed by atoms with E-state index in [-0.39, 0.29) is 10.7 Å². The molecule has 15 heavy (non-hydrogen) atoms. The molecule has 0 fully saturated rings. The molecule has 0 amide bonds. The van der Waals surface area contributed by atoms with Crippen molar-refractivity contribution in [2.24, 2.45) is 0 Å². The van der Waals surface area contributed by atoms with Crippen LogP contribution in [0.3, 0.4) is 0 Å². The fourth-order valence-electron chi connectivity index (χ4n) is 1.18. The highest BCUT2D eigenvalue weighted by Crippen LogP contribution is 2.11. The molecule has 1 N–H and O–H groups in total. The van der Waals surface area contributed by atoms with E-state index in [9.17, 15) is 13.2 Å². The minimum absolute atomic E-state index is 0.0283. The number of hydrogen-bond acceptors (Lipinski definition) is 3. The summed E-state index contributed by atoms with van der Waals surface area (Å²) >= 11 is 0. The number of benzene rings is 1. The van der Waals surface area contributed by atoms with Crippen molar-refractivity contribution in [2.45, 2.75) is 24.7 Å². The molecule has 0 atom stereocenters. The van der Waals surface area contributed by atoms with Crippen LogP contribution in [0.2, 0.25) is 0 Å². The van der Waals surface area contributed by atoms with Gasteiger partial charge in [0.1, 0.15) is 0 Å². The van der Waals surface area contributed by atoms with Gasteiger partial charge in [0, 0.05) is 12.0 Å². The van der Waals surface area contributed by atoms with Crippen molar-refractivity contribution in [2.75, 3.05) is 0 Å². The van der Waals surface area contributed by atoms with Crippen LogP contribution in [-0.4, -0.2) is 18.8 Å². The van der Waals surface area contributed by atoms with Crippen molar-refractivity contribution in [3.63, 3.8) is 0 Å². The number of hydrogen-bond donors (Lipinski definition) is 1. The number of carbonyl (C=O) groups excluding carboxylic acids is 1. The molecule has 0 spiro atoms. The van der Waals surface area contributed by atoms with Crippen molar-refractivity contribution >= 4 is 15.9 Å². The number of Topliss-reactive ketones (excluding diaryl/α,β-unsaturated/α-hetero) is 1. The molecule has 1 aromatic carbocycles. The first kappa shape index (κ1) is 11.9. The zero-order valence-corrected chi connectivity index (χ0v) is 9.12. The summed E-state index contributed by atoms with van der Waals surface area (Å²) in [7, 11) is -4.17. The maximum atomic E-state index is 11.4. The number of ketones is 1. The topological polar surface area (TPSA) is 71.4 Å².